The summed E-state index contributed by atoms with van der Waals surface area (Å²) in [6.07, 6.45) is -10.1. The molecule has 176 valence electrons. The fourth-order valence-electron chi connectivity index (χ4n) is 2.77. The van der Waals surface area contributed by atoms with Crippen LogP contribution in [0.2, 0.25) is 10.0 Å². The van der Waals surface area contributed by atoms with Crippen LogP contribution in [0, 0.1) is 6.92 Å². The van der Waals surface area contributed by atoms with Gasteiger partial charge in [-0.25, -0.2) is 9.67 Å². The minimum Gasteiger partial charge on any atom is -0.495 e. The molecule has 33 heavy (non-hydrogen) atoms. The predicted molar refractivity (Wildman–Crippen MR) is 107 cm³/mol. The number of carbonyl (C=O) groups is 1. The van der Waals surface area contributed by atoms with E-state index in [4.69, 9.17) is 27.9 Å². The molecule has 0 radical (unpaired) electrons. The summed E-state index contributed by atoms with van der Waals surface area (Å²) in [6.45, 7) is 1.45. The summed E-state index contributed by atoms with van der Waals surface area (Å²) in [4.78, 5) is 16.4. The van der Waals surface area contributed by atoms with E-state index in [1.165, 1.54) is 26.2 Å². The molecule has 0 aliphatic carbocycles. The van der Waals surface area contributed by atoms with Crippen LogP contribution in [-0.2, 0) is 12.4 Å². The van der Waals surface area contributed by atoms with Gasteiger partial charge in [0, 0.05) is 11.8 Å². The standard InChI is InChI=1S/C19H12Cl2F6N4O2/c1-8-28-16(30-31(8)14-7-15(33-2)13(21)6-12(14)20)17(32)29-11-4-9(18(22,23)24)3-10(5-11)19(25,26)27/h3-7H,1-2H3,(H,29,32). The summed E-state index contributed by atoms with van der Waals surface area (Å²) in [5.74, 6) is -1.28. The Balaban J connectivity index is 1.97. The van der Waals surface area contributed by atoms with Crippen molar-refractivity contribution >= 4 is 34.8 Å². The zero-order valence-electron chi connectivity index (χ0n) is 16.6. The largest absolute Gasteiger partial charge is 0.495 e. The van der Waals surface area contributed by atoms with Gasteiger partial charge in [0.05, 0.1) is 34.0 Å². The Hall–Kier alpha value is -2.99. The number of hydrogen-bond acceptors (Lipinski definition) is 4. The summed E-state index contributed by atoms with van der Waals surface area (Å²) in [5, 5.41) is 6.24. The van der Waals surface area contributed by atoms with E-state index in [0.29, 0.717) is 12.1 Å². The number of halogens is 8. The number of hydrogen-bond donors (Lipinski definition) is 1. The molecular formula is C19H12Cl2F6N4O2. The number of nitrogens with zero attached hydrogens (tertiary/aromatic N) is 3. The molecule has 0 spiro atoms. The van der Waals surface area contributed by atoms with Crippen molar-refractivity contribution in [1.29, 1.82) is 0 Å². The lowest BCUT2D eigenvalue weighted by Gasteiger charge is -2.14. The SMILES string of the molecule is COc1cc(-n2nc(C(=O)Nc3cc(C(F)(F)F)cc(C(F)(F)F)c3)nc2C)c(Cl)cc1Cl. The molecule has 1 heterocycles. The van der Waals surface area contributed by atoms with Gasteiger partial charge in [0.25, 0.3) is 5.91 Å². The minimum atomic E-state index is -5.07. The summed E-state index contributed by atoms with van der Waals surface area (Å²) in [6, 6.07) is 3.47. The first-order valence-electron chi connectivity index (χ1n) is 8.78. The zero-order chi connectivity index (χ0) is 24.7. The Morgan fingerprint density at radius 1 is 0.970 bits per heavy atom. The van der Waals surface area contributed by atoms with E-state index in [0.717, 1.165) is 4.68 Å². The molecule has 0 atom stereocenters. The molecule has 2 aromatic carbocycles. The number of anilines is 1. The van der Waals surface area contributed by atoms with Crippen molar-refractivity contribution in [3.8, 4) is 11.4 Å². The molecule has 0 fully saturated rings. The first-order chi connectivity index (χ1) is 15.2. The molecule has 3 rings (SSSR count). The maximum absolute atomic E-state index is 13.0. The van der Waals surface area contributed by atoms with Gasteiger partial charge in [-0.05, 0) is 31.2 Å². The molecule has 0 saturated heterocycles. The monoisotopic (exact) mass is 512 g/mol. The number of ether oxygens (including phenoxy) is 1. The Kier molecular flexibility index (Phi) is 6.53. The average molecular weight is 513 g/mol. The Bertz CT molecular complexity index is 1190. The van der Waals surface area contributed by atoms with Crippen LogP contribution in [0.25, 0.3) is 5.69 Å². The van der Waals surface area contributed by atoms with E-state index in [2.05, 4.69) is 10.1 Å². The lowest BCUT2D eigenvalue weighted by molar-refractivity contribution is -0.143. The van der Waals surface area contributed by atoms with Crippen molar-refractivity contribution in [3.63, 3.8) is 0 Å². The van der Waals surface area contributed by atoms with Crippen molar-refractivity contribution in [2.45, 2.75) is 19.3 Å². The number of amides is 1. The van der Waals surface area contributed by atoms with Gasteiger partial charge in [0.2, 0.25) is 5.82 Å². The number of aromatic nitrogens is 3. The van der Waals surface area contributed by atoms with Gasteiger partial charge in [0.15, 0.2) is 0 Å². The summed E-state index contributed by atoms with van der Waals surface area (Å²) < 4.78 is 84.4. The highest BCUT2D eigenvalue weighted by Crippen LogP contribution is 2.38. The highest BCUT2D eigenvalue weighted by molar-refractivity contribution is 6.36. The number of nitrogens with one attached hydrogen (secondary N) is 1. The van der Waals surface area contributed by atoms with E-state index in [1.807, 2.05) is 5.32 Å². The van der Waals surface area contributed by atoms with Crippen molar-refractivity contribution in [3.05, 3.63) is 63.2 Å². The Morgan fingerprint density at radius 3 is 2.06 bits per heavy atom. The van der Waals surface area contributed by atoms with E-state index in [1.54, 1.807) is 0 Å². The van der Waals surface area contributed by atoms with Crippen molar-refractivity contribution < 1.29 is 35.9 Å². The van der Waals surface area contributed by atoms with Crippen molar-refractivity contribution in [2.75, 3.05) is 12.4 Å². The van der Waals surface area contributed by atoms with Gasteiger partial charge in [-0.15, -0.1) is 5.10 Å². The maximum atomic E-state index is 13.0. The van der Waals surface area contributed by atoms with Gasteiger partial charge in [0.1, 0.15) is 11.6 Å². The summed E-state index contributed by atoms with van der Waals surface area (Å²) in [7, 11) is 1.36. The van der Waals surface area contributed by atoms with Crippen LogP contribution in [0.1, 0.15) is 27.6 Å². The average Bonchev–Trinajstić information content (AvgIpc) is 3.08. The third-order valence-electron chi connectivity index (χ3n) is 4.27. The summed E-state index contributed by atoms with van der Waals surface area (Å²) >= 11 is 12.1. The predicted octanol–water partition coefficient (Wildman–Crippen LogP) is 6.18. The van der Waals surface area contributed by atoms with Crippen LogP contribution >= 0.6 is 23.2 Å². The second-order valence-electron chi connectivity index (χ2n) is 6.58. The number of alkyl halides is 6. The second-order valence-corrected chi connectivity index (χ2v) is 7.40. The zero-order valence-corrected chi connectivity index (χ0v) is 18.1. The highest BCUT2D eigenvalue weighted by atomic mass is 35.5. The number of benzene rings is 2. The lowest BCUT2D eigenvalue weighted by atomic mass is 10.1. The summed E-state index contributed by atoms with van der Waals surface area (Å²) in [5.41, 5.74) is -3.67. The number of aryl methyl sites for hydroxylation is 1. The van der Waals surface area contributed by atoms with Crippen LogP contribution in [-0.4, -0.2) is 27.8 Å². The van der Waals surface area contributed by atoms with Crippen LogP contribution in [0.3, 0.4) is 0 Å². The van der Waals surface area contributed by atoms with E-state index in [9.17, 15) is 31.1 Å². The molecule has 0 aliphatic heterocycles. The number of carbonyl (C=O) groups excluding carboxylic acids is 1. The normalized spacial score (nSPS) is 12.1. The molecule has 0 saturated carbocycles. The Labute approximate surface area is 192 Å². The minimum absolute atomic E-state index is 0.0529. The molecule has 1 N–H and O–H groups in total. The van der Waals surface area contributed by atoms with E-state index >= 15 is 0 Å². The maximum Gasteiger partial charge on any atom is 0.416 e. The van der Waals surface area contributed by atoms with Crippen LogP contribution in [0.5, 0.6) is 5.75 Å². The fourth-order valence-corrected chi connectivity index (χ4v) is 3.31. The van der Waals surface area contributed by atoms with Gasteiger partial charge >= 0.3 is 12.4 Å². The molecule has 0 bridgehead atoms. The highest BCUT2D eigenvalue weighted by Gasteiger charge is 2.37. The quantitative estimate of drug-likeness (QED) is 0.423. The molecule has 0 unspecified atom stereocenters. The first-order valence-corrected chi connectivity index (χ1v) is 9.54. The van der Waals surface area contributed by atoms with Gasteiger partial charge in [-0.2, -0.15) is 26.3 Å². The number of rotatable bonds is 4. The van der Waals surface area contributed by atoms with E-state index in [-0.39, 0.29) is 33.4 Å². The van der Waals surface area contributed by atoms with Crippen LogP contribution in [0.4, 0.5) is 32.0 Å². The smallest absolute Gasteiger partial charge is 0.416 e. The van der Waals surface area contributed by atoms with Gasteiger partial charge < -0.3 is 10.1 Å². The molecule has 1 aromatic heterocycles. The fraction of sp³-hybridized carbons (Fsp3) is 0.211. The molecule has 14 heteroatoms. The first kappa shape index (κ1) is 24.6. The molecule has 0 aliphatic rings. The lowest BCUT2D eigenvalue weighted by Crippen LogP contribution is -2.17. The molecule has 3 aromatic rings. The van der Waals surface area contributed by atoms with Crippen molar-refractivity contribution in [2.24, 2.45) is 0 Å². The second kappa shape index (κ2) is 8.75. The number of methoxy groups -OCH3 is 1. The molecule has 6 nitrogen and oxygen atoms in total. The third-order valence-corrected chi connectivity index (χ3v) is 4.87. The van der Waals surface area contributed by atoms with E-state index < -0.39 is 40.9 Å². The Morgan fingerprint density at radius 2 is 1.55 bits per heavy atom. The van der Waals surface area contributed by atoms with Crippen LogP contribution in [0.15, 0.2) is 30.3 Å². The van der Waals surface area contributed by atoms with Crippen LogP contribution < -0.4 is 10.1 Å². The molecular weight excluding hydrogens is 501 g/mol. The molecule has 1 amide bonds. The van der Waals surface area contributed by atoms with Gasteiger partial charge in [-0.3, -0.25) is 4.79 Å². The topological polar surface area (TPSA) is 69.0 Å². The third kappa shape index (κ3) is 5.33. The van der Waals surface area contributed by atoms with Crippen molar-refractivity contribution in [1.82, 2.24) is 14.8 Å². The van der Waals surface area contributed by atoms with Gasteiger partial charge in [-0.1, -0.05) is 23.2 Å².